The lowest BCUT2D eigenvalue weighted by molar-refractivity contribution is -0.142. The summed E-state index contributed by atoms with van der Waals surface area (Å²) in [5.41, 5.74) is -2.13. The largest absolute Gasteiger partial charge is 0.417 e. The second kappa shape index (κ2) is 14.6. The summed E-state index contributed by atoms with van der Waals surface area (Å²) in [7, 11) is -0.766. The minimum Gasteiger partial charge on any atom is -0.379 e. The van der Waals surface area contributed by atoms with Gasteiger partial charge in [-0.3, -0.25) is 9.59 Å². The van der Waals surface area contributed by atoms with Crippen LogP contribution in [0.15, 0.2) is 95.9 Å². The van der Waals surface area contributed by atoms with Crippen LogP contribution in [0.5, 0.6) is 0 Å². The molecule has 14 heteroatoms. The monoisotopic (exact) mass is 722 g/mol. The highest BCUT2D eigenvalue weighted by Crippen LogP contribution is 2.37. The van der Waals surface area contributed by atoms with Crippen molar-refractivity contribution in [1.29, 1.82) is 5.26 Å². The van der Waals surface area contributed by atoms with E-state index in [2.05, 4.69) is 5.32 Å². The molecule has 5 rings (SSSR count). The molecule has 0 bridgehead atoms. The Morgan fingerprint density at radius 1 is 0.941 bits per heavy atom. The van der Waals surface area contributed by atoms with Crippen LogP contribution in [0.25, 0.3) is 11.1 Å². The van der Waals surface area contributed by atoms with E-state index >= 15 is 0 Å². The Hall–Kier alpha value is -5.10. The Balaban J connectivity index is 1.47. The standard InChI is InChI=1S/C37H34F4N4O5S/c1-44(2)34(46)27-8-4-7-26(20-27)25-6-3-5-24(19-25)22-36(48,35(47)43-31-12-9-28(23-42)33(21-31)37(39,40)41)29-15-17-45(18-16-29)51(49,50)32-13-10-30(38)11-14-32/h3-14,19-21,29,48H,15-18,22H2,1-2H3,(H,43,47). The maximum atomic E-state index is 14.0. The van der Waals surface area contributed by atoms with Crippen LogP contribution in [-0.4, -0.2) is 67.3 Å². The van der Waals surface area contributed by atoms with Gasteiger partial charge in [-0.1, -0.05) is 36.4 Å². The molecule has 1 saturated heterocycles. The van der Waals surface area contributed by atoms with E-state index in [0.29, 0.717) is 28.3 Å². The Morgan fingerprint density at radius 2 is 1.57 bits per heavy atom. The number of halogens is 4. The Bertz CT molecular complexity index is 2090. The first kappa shape index (κ1) is 37.2. The molecular formula is C37H34F4N4O5S. The first-order valence-electron chi connectivity index (χ1n) is 15.8. The number of rotatable bonds is 9. The van der Waals surface area contributed by atoms with Gasteiger partial charge < -0.3 is 15.3 Å². The van der Waals surface area contributed by atoms with Gasteiger partial charge >= 0.3 is 6.18 Å². The average Bonchev–Trinajstić information content (AvgIpc) is 3.11. The lowest BCUT2D eigenvalue weighted by Gasteiger charge is -2.40. The number of anilines is 1. The van der Waals surface area contributed by atoms with Crippen molar-refractivity contribution in [2.45, 2.75) is 35.9 Å². The Labute approximate surface area is 292 Å². The first-order valence-corrected chi connectivity index (χ1v) is 17.3. The van der Waals surface area contributed by atoms with Crippen molar-refractivity contribution in [3.05, 3.63) is 119 Å². The fraction of sp³-hybridized carbons (Fsp3) is 0.270. The van der Waals surface area contributed by atoms with E-state index in [1.807, 2.05) is 0 Å². The second-order valence-electron chi connectivity index (χ2n) is 12.5. The SMILES string of the molecule is CN(C)C(=O)c1cccc(-c2cccc(CC(O)(C(=O)Nc3ccc(C#N)c(C(F)(F)F)c3)C3CCN(S(=O)(=O)c4ccc(F)cc4)CC3)c2)c1. The number of piperidine rings is 1. The van der Waals surface area contributed by atoms with E-state index in [-0.39, 0.29) is 48.8 Å². The van der Waals surface area contributed by atoms with Crippen LogP contribution in [-0.2, 0) is 27.4 Å². The van der Waals surface area contributed by atoms with Crippen molar-refractivity contribution in [3.8, 4) is 17.2 Å². The summed E-state index contributed by atoms with van der Waals surface area (Å²) >= 11 is 0. The normalized spacial score (nSPS) is 15.4. The fourth-order valence-electron chi connectivity index (χ4n) is 6.19. The molecule has 2 amide bonds. The lowest BCUT2D eigenvalue weighted by Crippen LogP contribution is -2.54. The fourth-order valence-corrected chi connectivity index (χ4v) is 7.66. The molecule has 0 saturated carbocycles. The highest BCUT2D eigenvalue weighted by Gasteiger charge is 2.46. The molecule has 1 heterocycles. The number of amides is 2. The van der Waals surface area contributed by atoms with Gasteiger partial charge in [0, 0.05) is 44.9 Å². The Kier molecular flexibility index (Phi) is 10.7. The number of sulfonamides is 1. The van der Waals surface area contributed by atoms with Crippen molar-refractivity contribution in [2.75, 3.05) is 32.5 Å². The minimum atomic E-state index is -4.89. The summed E-state index contributed by atoms with van der Waals surface area (Å²) in [5.74, 6) is -2.66. The summed E-state index contributed by atoms with van der Waals surface area (Å²) in [5, 5.41) is 23.9. The molecule has 266 valence electrons. The van der Waals surface area contributed by atoms with Crippen molar-refractivity contribution < 1.29 is 40.7 Å². The van der Waals surface area contributed by atoms with Crippen LogP contribution in [0.1, 0.15) is 39.9 Å². The molecule has 2 N–H and O–H groups in total. The highest BCUT2D eigenvalue weighted by molar-refractivity contribution is 7.89. The van der Waals surface area contributed by atoms with Gasteiger partial charge in [-0.25, -0.2) is 12.8 Å². The molecule has 4 aromatic rings. The number of carbonyl (C=O) groups is 2. The zero-order valence-electron chi connectivity index (χ0n) is 27.6. The number of alkyl halides is 3. The van der Waals surface area contributed by atoms with Crippen LogP contribution in [0.4, 0.5) is 23.2 Å². The lowest BCUT2D eigenvalue weighted by atomic mass is 9.76. The van der Waals surface area contributed by atoms with Gasteiger partial charge in [0.2, 0.25) is 10.0 Å². The zero-order valence-corrected chi connectivity index (χ0v) is 28.4. The number of aliphatic hydroxyl groups is 1. The van der Waals surface area contributed by atoms with Gasteiger partial charge in [0.05, 0.1) is 22.1 Å². The number of carbonyl (C=O) groups excluding carboxylic acids is 2. The molecule has 1 fully saturated rings. The molecule has 0 radical (unpaired) electrons. The van der Waals surface area contributed by atoms with Crippen LogP contribution in [0, 0.1) is 23.1 Å². The van der Waals surface area contributed by atoms with Crippen LogP contribution >= 0.6 is 0 Å². The van der Waals surface area contributed by atoms with E-state index in [1.54, 1.807) is 62.6 Å². The summed E-state index contributed by atoms with van der Waals surface area (Å²) in [6.07, 6.45) is -5.15. The summed E-state index contributed by atoms with van der Waals surface area (Å²) in [6.45, 7) is -0.191. The maximum absolute atomic E-state index is 14.0. The van der Waals surface area contributed by atoms with E-state index in [0.717, 1.165) is 36.4 Å². The van der Waals surface area contributed by atoms with Crippen LogP contribution in [0.2, 0.25) is 0 Å². The smallest absolute Gasteiger partial charge is 0.379 e. The third kappa shape index (κ3) is 8.12. The molecular weight excluding hydrogens is 688 g/mol. The average molecular weight is 723 g/mol. The van der Waals surface area contributed by atoms with E-state index < -0.39 is 50.6 Å². The molecule has 1 aliphatic heterocycles. The number of nitrogens with one attached hydrogen (secondary N) is 1. The molecule has 51 heavy (non-hydrogen) atoms. The molecule has 0 spiro atoms. The molecule has 9 nitrogen and oxygen atoms in total. The molecule has 4 aromatic carbocycles. The van der Waals surface area contributed by atoms with E-state index in [1.165, 1.54) is 15.3 Å². The Morgan fingerprint density at radius 3 is 2.18 bits per heavy atom. The quantitative estimate of drug-likeness (QED) is 0.201. The van der Waals surface area contributed by atoms with Crippen molar-refractivity contribution in [1.82, 2.24) is 9.21 Å². The highest BCUT2D eigenvalue weighted by atomic mass is 32.2. The predicted molar refractivity (Wildman–Crippen MR) is 181 cm³/mol. The molecule has 1 unspecified atom stereocenters. The number of hydrogen-bond donors (Lipinski definition) is 2. The van der Waals surface area contributed by atoms with Crippen molar-refractivity contribution in [3.63, 3.8) is 0 Å². The molecule has 1 aliphatic rings. The third-order valence-electron chi connectivity index (χ3n) is 8.93. The molecule has 0 aromatic heterocycles. The van der Waals surface area contributed by atoms with Gasteiger partial charge in [0.15, 0.2) is 0 Å². The number of nitriles is 1. The van der Waals surface area contributed by atoms with Gasteiger partial charge in [0.25, 0.3) is 11.8 Å². The van der Waals surface area contributed by atoms with Crippen LogP contribution in [0.3, 0.4) is 0 Å². The second-order valence-corrected chi connectivity index (χ2v) is 14.5. The summed E-state index contributed by atoms with van der Waals surface area (Å²) in [6, 6.07) is 22.3. The summed E-state index contributed by atoms with van der Waals surface area (Å²) in [4.78, 5) is 27.9. The molecule has 0 aliphatic carbocycles. The number of hydrogen-bond acceptors (Lipinski definition) is 6. The predicted octanol–water partition coefficient (Wildman–Crippen LogP) is 6.10. The van der Waals surface area contributed by atoms with E-state index in [9.17, 15) is 45.9 Å². The zero-order chi connectivity index (χ0) is 37.1. The molecule has 1 atom stereocenters. The van der Waals surface area contributed by atoms with Gasteiger partial charge in [0.1, 0.15) is 11.4 Å². The van der Waals surface area contributed by atoms with Gasteiger partial charge in [-0.05, 0) is 90.0 Å². The number of nitrogens with zero attached hydrogens (tertiary/aromatic N) is 3. The number of benzene rings is 4. The van der Waals surface area contributed by atoms with E-state index in [4.69, 9.17) is 0 Å². The van der Waals surface area contributed by atoms with Gasteiger partial charge in [-0.2, -0.15) is 22.7 Å². The van der Waals surface area contributed by atoms with Crippen molar-refractivity contribution >= 4 is 27.5 Å². The van der Waals surface area contributed by atoms with Crippen LogP contribution < -0.4 is 5.32 Å². The topological polar surface area (TPSA) is 131 Å². The third-order valence-corrected chi connectivity index (χ3v) is 10.8. The van der Waals surface area contributed by atoms with Crippen molar-refractivity contribution in [2.24, 2.45) is 5.92 Å². The first-order chi connectivity index (χ1) is 24.0. The minimum absolute atomic E-state index is 0.0138. The summed E-state index contributed by atoms with van der Waals surface area (Å²) < 4.78 is 82.4. The maximum Gasteiger partial charge on any atom is 0.417 e. The van der Waals surface area contributed by atoms with Gasteiger partial charge in [-0.15, -0.1) is 0 Å².